The lowest BCUT2D eigenvalue weighted by molar-refractivity contribution is 0.0933. The second-order valence-corrected chi connectivity index (χ2v) is 9.22. The molecule has 2 saturated heterocycles. The van der Waals surface area contributed by atoms with Gasteiger partial charge in [0.25, 0.3) is 5.91 Å². The summed E-state index contributed by atoms with van der Waals surface area (Å²) in [4.78, 5) is 17.8. The molecule has 2 atom stereocenters. The fourth-order valence-electron chi connectivity index (χ4n) is 5.27. The van der Waals surface area contributed by atoms with Crippen molar-refractivity contribution >= 4 is 17.3 Å². The Morgan fingerprint density at radius 1 is 1.09 bits per heavy atom. The molecule has 0 bridgehead atoms. The first-order chi connectivity index (χ1) is 15.7. The van der Waals surface area contributed by atoms with Crippen LogP contribution in [0.25, 0.3) is 0 Å². The molecule has 6 heteroatoms. The number of nitrogens with zero attached hydrogens (tertiary/aromatic N) is 2. The van der Waals surface area contributed by atoms with Crippen LogP contribution in [0.15, 0.2) is 42.5 Å². The Bertz CT molecular complexity index is 939. The molecule has 2 N–H and O–H groups in total. The minimum absolute atomic E-state index is 0.0278. The van der Waals surface area contributed by atoms with E-state index in [9.17, 15) is 4.79 Å². The number of amides is 1. The van der Waals surface area contributed by atoms with Crippen LogP contribution in [0.3, 0.4) is 0 Å². The minimum Gasteiger partial charge on any atom is -0.378 e. The standard InChI is InChI=1S/C26H34N4O2/c1-19-18-27-11-12-30(19)25-4-2-3-20-5-8-22(17-24(20)25)28-26(31)21-6-9-23(10-7-21)29-13-15-32-16-14-29/h2-4,6-7,9-10,19,22,27H,5,8,11-18H2,1H3,(H,28,31)/t19-,22?/m1/s1. The van der Waals surface area contributed by atoms with Crippen molar-refractivity contribution in [1.29, 1.82) is 0 Å². The van der Waals surface area contributed by atoms with Gasteiger partial charge in [-0.2, -0.15) is 0 Å². The van der Waals surface area contributed by atoms with Crippen molar-refractivity contribution in [3.05, 3.63) is 59.2 Å². The molecule has 0 aromatic heterocycles. The first kappa shape index (κ1) is 21.3. The third kappa shape index (κ3) is 4.48. The van der Waals surface area contributed by atoms with Crippen molar-refractivity contribution in [1.82, 2.24) is 10.6 Å². The highest BCUT2D eigenvalue weighted by Crippen LogP contribution is 2.32. The maximum atomic E-state index is 13.0. The highest BCUT2D eigenvalue weighted by molar-refractivity contribution is 5.94. The number of nitrogens with one attached hydrogen (secondary N) is 2. The van der Waals surface area contributed by atoms with E-state index in [2.05, 4.69) is 57.7 Å². The molecular weight excluding hydrogens is 400 g/mol. The number of morpholine rings is 1. The summed E-state index contributed by atoms with van der Waals surface area (Å²) in [6.07, 6.45) is 2.91. The maximum Gasteiger partial charge on any atom is 0.251 e. The first-order valence-corrected chi connectivity index (χ1v) is 12.0. The molecule has 3 aliphatic rings. The SMILES string of the molecule is C[C@@H]1CNCCN1c1cccc2c1CC(NC(=O)c1ccc(N3CCOCC3)cc1)CC2. The van der Waals surface area contributed by atoms with Gasteiger partial charge in [-0.1, -0.05) is 12.1 Å². The van der Waals surface area contributed by atoms with Gasteiger partial charge in [-0.3, -0.25) is 4.79 Å². The highest BCUT2D eigenvalue weighted by atomic mass is 16.5. The Morgan fingerprint density at radius 3 is 2.69 bits per heavy atom. The molecule has 170 valence electrons. The molecule has 2 aromatic carbocycles. The number of piperazine rings is 1. The predicted octanol–water partition coefficient (Wildman–Crippen LogP) is 2.61. The van der Waals surface area contributed by atoms with Gasteiger partial charge in [0.1, 0.15) is 0 Å². The van der Waals surface area contributed by atoms with E-state index in [1.807, 2.05) is 12.1 Å². The summed E-state index contributed by atoms with van der Waals surface area (Å²) in [5.74, 6) is 0.0278. The molecule has 2 fully saturated rings. The number of anilines is 2. The number of benzene rings is 2. The molecule has 2 aliphatic heterocycles. The number of hydrogen-bond acceptors (Lipinski definition) is 5. The second-order valence-electron chi connectivity index (χ2n) is 9.22. The Kier molecular flexibility index (Phi) is 6.32. The molecule has 0 spiro atoms. The van der Waals surface area contributed by atoms with Crippen molar-refractivity contribution in [2.75, 3.05) is 55.7 Å². The number of rotatable bonds is 4. The van der Waals surface area contributed by atoms with Crippen LogP contribution in [-0.4, -0.2) is 63.9 Å². The molecule has 1 unspecified atom stereocenters. The molecule has 2 aromatic rings. The molecule has 1 amide bonds. The predicted molar refractivity (Wildman–Crippen MR) is 129 cm³/mol. The summed E-state index contributed by atoms with van der Waals surface area (Å²) in [6, 6.07) is 15.4. The van der Waals surface area contributed by atoms with Crippen molar-refractivity contribution in [2.24, 2.45) is 0 Å². The van der Waals surface area contributed by atoms with Crippen molar-refractivity contribution < 1.29 is 9.53 Å². The molecule has 0 saturated carbocycles. The smallest absolute Gasteiger partial charge is 0.251 e. The van der Waals surface area contributed by atoms with Crippen LogP contribution < -0.4 is 20.4 Å². The van der Waals surface area contributed by atoms with Crippen LogP contribution in [0, 0.1) is 0 Å². The van der Waals surface area contributed by atoms with Crippen LogP contribution in [0.2, 0.25) is 0 Å². The molecule has 1 aliphatic carbocycles. The van der Waals surface area contributed by atoms with Crippen molar-refractivity contribution in [2.45, 2.75) is 38.3 Å². The third-order valence-electron chi connectivity index (χ3n) is 7.11. The summed E-state index contributed by atoms with van der Waals surface area (Å²) >= 11 is 0. The summed E-state index contributed by atoms with van der Waals surface area (Å²) in [6.45, 7) is 8.69. The molecule has 32 heavy (non-hydrogen) atoms. The van der Waals surface area contributed by atoms with Gasteiger partial charge in [-0.15, -0.1) is 0 Å². The number of hydrogen-bond donors (Lipinski definition) is 2. The summed E-state index contributed by atoms with van der Waals surface area (Å²) in [5.41, 5.74) is 6.10. The molecule has 5 rings (SSSR count). The Balaban J connectivity index is 1.26. The van der Waals surface area contributed by atoms with Gasteiger partial charge in [0.2, 0.25) is 0 Å². The van der Waals surface area contributed by atoms with E-state index in [0.717, 1.165) is 76.5 Å². The Morgan fingerprint density at radius 2 is 1.91 bits per heavy atom. The van der Waals surface area contributed by atoms with Crippen LogP contribution >= 0.6 is 0 Å². The Hall–Kier alpha value is -2.57. The third-order valence-corrected chi connectivity index (χ3v) is 7.11. The number of carbonyl (C=O) groups is 1. The number of fused-ring (bicyclic) bond motifs is 1. The van der Waals surface area contributed by atoms with Gasteiger partial charge in [-0.25, -0.2) is 0 Å². The summed E-state index contributed by atoms with van der Waals surface area (Å²) in [5, 5.41) is 6.80. The average molecular weight is 435 g/mol. The van der Waals surface area contributed by atoms with Crippen LogP contribution in [0.5, 0.6) is 0 Å². The molecule has 0 radical (unpaired) electrons. The zero-order chi connectivity index (χ0) is 21.9. The quantitative estimate of drug-likeness (QED) is 0.775. The van der Waals surface area contributed by atoms with E-state index in [4.69, 9.17) is 4.74 Å². The lowest BCUT2D eigenvalue weighted by Gasteiger charge is -2.39. The zero-order valence-corrected chi connectivity index (χ0v) is 19.0. The summed E-state index contributed by atoms with van der Waals surface area (Å²) < 4.78 is 5.43. The lowest BCUT2D eigenvalue weighted by atomic mass is 9.86. The minimum atomic E-state index is 0.0278. The lowest BCUT2D eigenvalue weighted by Crippen LogP contribution is -2.50. The molecular formula is C26H34N4O2. The van der Waals surface area contributed by atoms with E-state index < -0.39 is 0 Å². The number of ether oxygens (including phenoxy) is 1. The van der Waals surface area contributed by atoms with Gasteiger partial charge in [0.15, 0.2) is 0 Å². The second kappa shape index (κ2) is 9.51. The van der Waals surface area contributed by atoms with Gasteiger partial charge in [0, 0.05) is 61.7 Å². The Labute approximate surface area is 190 Å². The van der Waals surface area contributed by atoms with Crippen molar-refractivity contribution in [3.63, 3.8) is 0 Å². The molecule has 6 nitrogen and oxygen atoms in total. The topological polar surface area (TPSA) is 56.8 Å². The highest BCUT2D eigenvalue weighted by Gasteiger charge is 2.27. The molecule has 2 heterocycles. The van der Waals surface area contributed by atoms with Crippen LogP contribution in [0.1, 0.15) is 34.8 Å². The normalized spacial score (nSPS) is 23.5. The van der Waals surface area contributed by atoms with E-state index >= 15 is 0 Å². The van der Waals surface area contributed by atoms with Gasteiger partial charge in [0.05, 0.1) is 13.2 Å². The largest absolute Gasteiger partial charge is 0.378 e. The monoisotopic (exact) mass is 434 g/mol. The fraction of sp³-hybridized carbons (Fsp3) is 0.500. The van der Waals surface area contributed by atoms with Crippen molar-refractivity contribution in [3.8, 4) is 0 Å². The van der Waals surface area contributed by atoms with E-state index in [1.165, 1.54) is 16.8 Å². The zero-order valence-electron chi connectivity index (χ0n) is 19.0. The van der Waals surface area contributed by atoms with E-state index in [0.29, 0.717) is 6.04 Å². The van der Waals surface area contributed by atoms with Gasteiger partial charge in [-0.05, 0) is 67.6 Å². The van der Waals surface area contributed by atoms with Crippen LogP contribution in [0.4, 0.5) is 11.4 Å². The average Bonchev–Trinajstić information content (AvgIpc) is 2.85. The maximum absolute atomic E-state index is 13.0. The number of carbonyl (C=O) groups excluding carboxylic acids is 1. The number of aryl methyl sites for hydroxylation is 1. The van der Waals surface area contributed by atoms with E-state index in [-0.39, 0.29) is 11.9 Å². The first-order valence-electron chi connectivity index (χ1n) is 12.0. The van der Waals surface area contributed by atoms with Crippen LogP contribution in [-0.2, 0) is 17.6 Å². The fourth-order valence-corrected chi connectivity index (χ4v) is 5.27. The van der Waals surface area contributed by atoms with Gasteiger partial charge >= 0.3 is 0 Å². The van der Waals surface area contributed by atoms with E-state index in [1.54, 1.807) is 0 Å². The summed E-state index contributed by atoms with van der Waals surface area (Å²) in [7, 11) is 0. The van der Waals surface area contributed by atoms with Gasteiger partial charge < -0.3 is 25.2 Å².